The van der Waals surface area contributed by atoms with Crippen LogP contribution in [0, 0.1) is 0 Å². The maximum absolute atomic E-state index is 12.0. The molecule has 1 fully saturated rings. The highest BCUT2D eigenvalue weighted by Crippen LogP contribution is 2.24. The van der Waals surface area contributed by atoms with E-state index in [1.165, 1.54) is 12.8 Å². The van der Waals surface area contributed by atoms with Crippen LogP contribution >= 0.6 is 0 Å². The van der Waals surface area contributed by atoms with Gasteiger partial charge in [-0.25, -0.2) is 4.79 Å². The lowest BCUT2D eigenvalue weighted by Crippen LogP contribution is -2.42. The summed E-state index contributed by atoms with van der Waals surface area (Å²) in [7, 11) is 0. The zero-order valence-electron chi connectivity index (χ0n) is 13.8. The summed E-state index contributed by atoms with van der Waals surface area (Å²) in [4.78, 5) is 18.6. The summed E-state index contributed by atoms with van der Waals surface area (Å²) in [5, 5.41) is 5.85. The van der Waals surface area contributed by atoms with Crippen molar-refractivity contribution in [1.29, 1.82) is 0 Å². The Labute approximate surface area is 142 Å². The second kappa shape index (κ2) is 8.49. The molecule has 0 spiro atoms. The van der Waals surface area contributed by atoms with Crippen LogP contribution in [-0.2, 0) is 6.42 Å². The summed E-state index contributed by atoms with van der Waals surface area (Å²) >= 11 is 0. The zero-order valence-corrected chi connectivity index (χ0v) is 13.8. The maximum Gasteiger partial charge on any atom is 0.314 e. The van der Waals surface area contributed by atoms with Crippen molar-refractivity contribution >= 4 is 6.03 Å². The molecular weight excluding hydrogens is 304 g/mol. The Morgan fingerprint density at radius 2 is 2.08 bits per heavy atom. The molecule has 0 saturated carbocycles. The zero-order chi connectivity index (χ0) is 16.6. The predicted molar refractivity (Wildman–Crippen MR) is 91.6 cm³/mol. The van der Waals surface area contributed by atoms with Crippen LogP contribution in [0.25, 0.3) is 0 Å². The van der Waals surface area contributed by atoms with Crippen molar-refractivity contribution < 1.29 is 9.21 Å². The maximum atomic E-state index is 12.0. The largest absolute Gasteiger partial charge is 0.468 e. The van der Waals surface area contributed by atoms with Gasteiger partial charge in [-0.1, -0.05) is 6.07 Å². The summed E-state index contributed by atoms with van der Waals surface area (Å²) in [6, 6.07) is 9.61. The Hall–Kier alpha value is -2.34. The number of carbonyl (C=O) groups excluding carboxylic acids is 1. The molecule has 1 aliphatic rings. The van der Waals surface area contributed by atoms with Gasteiger partial charge in [0.15, 0.2) is 0 Å². The number of amides is 2. The van der Waals surface area contributed by atoms with Crippen molar-refractivity contribution in [1.82, 2.24) is 20.5 Å². The van der Waals surface area contributed by atoms with E-state index in [1.807, 2.05) is 30.3 Å². The van der Waals surface area contributed by atoms with Gasteiger partial charge in [0.25, 0.3) is 0 Å². The summed E-state index contributed by atoms with van der Waals surface area (Å²) in [6.07, 6.45) is 6.58. The number of carbonyl (C=O) groups is 1. The molecule has 1 atom stereocenters. The van der Waals surface area contributed by atoms with Gasteiger partial charge >= 0.3 is 6.03 Å². The third kappa shape index (κ3) is 4.58. The molecule has 2 aromatic rings. The highest BCUT2D eigenvalue weighted by atomic mass is 16.3. The first-order valence-corrected chi connectivity index (χ1v) is 8.52. The SMILES string of the molecule is O=C(NCCc1ccccn1)NC[C@H](c1ccco1)N1CCCC1. The normalized spacial score (nSPS) is 16.0. The third-order valence-electron chi connectivity index (χ3n) is 4.30. The molecule has 0 aliphatic carbocycles. The molecule has 1 aliphatic heterocycles. The van der Waals surface area contributed by atoms with E-state index in [1.54, 1.807) is 12.5 Å². The molecule has 0 unspecified atom stereocenters. The van der Waals surface area contributed by atoms with Gasteiger partial charge in [-0.3, -0.25) is 9.88 Å². The van der Waals surface area contributed by atoms with Crippen LogP contribution < -0.4 is 10.6 Å². The lowest BCUT2D eigenvalue weighted by Gasteiger charge is -2.26. The first-order valence-electron chi connectivity index (χ1n) is 8.52. The predicted octanol–water partition coefficient (Wildman–Crippen LogP) is 2.35. The first-order chi connectivity index (χ1) is 11.8. The van der Waals surface area contributed by atoms with Crippen molar-refractivity contribution in [3.8, 4) is 0 Å². The number of rotatable bonds is 7. The van der Waals surface area contributed by atoms with Crippen molar-refractivity contribution in [2.75, 3.05) is 26.2 Å². The van der Waals surface area contributed by atoms with Crippen LogP contribution in [0.4, 0.5) is 4.79 Å². The van der Waals surface area contributed by atoms with E-state index in [0.29, 0.717) is 13.1 Å². The van der Waals surface area contributed by atoms with Gasteiger partial charge in [0.1, 0.15) is 5.76 Å². The van der Waals surface area contributed by atoms with E-state index in [-0.39, 0.29) is 12.1 Å². The molecular formula is C18H24N4O2. The summed E-state index contributed by atoms with van der Waals surface area (Å²) in [5.74, 6) is 0.908. The van der Waals surface area contributed by atoms with Gasteiger partial charge < -0.3 is 15.1 Å². The quantitative estimate of drug-likeness (QED) is 0.818. The lowest BCUT2D eigenvalue weighted by molar-refractivity contribution is 0.203. The third-order valence-corrected chi connectivity index (χ3v) is 4.30. The minimum absolute atomic E-state index is 0.101. The molecule has 0 aromatic carbocycles. The molecule has 2 amide bonds. The molecule has 1 saturated heterocycles. The number of nitrogens with one attached hydrogen (secondary N) is 2. The van der Waals surface area contributed by atoms with E-state index in [0.717, 1.165) is 31.0 Å². The Balaban J connectivity index is 1.44. The van der Waals surface area contributed by atoms with Crippen LogP contribution in [0.2, 0.25) is 0 Å². The van der Waals surface area contributed by atoms with E-state index in [9.17, 15) is 4.79 Å². The molecule has 3 rings (SSSR count). The summed E-state index contributed by atoms with van der Waals surface area (Å²) in [6.45, 7) is 3.21. The van der Waals surface area contributed by atoms with Crippen molar-refractivity contribution in [3.05, 3.63) is 54.2 Å². The first kappa shape index (κ1) is 16.5. The highest BCUT2D eigenvalue weighted by Gasteiger charge is 2.25. The Kier molecular flexibility index (Phi) is 5.85. The molecule has 0 radical (unpaired) electrons. The van der Waals surface area contributed by atoms with Gasteiger partial charge in [-0.15, -0.1) is 0 Å². The van der Waals surface area contributed by atoms with Gasteiger partial charge in [-0.05, 0) is 50.2 Å². The minimum Gasteiger partial charge on any atom is -0.468 e. The Morgan fingerprint density at radius 3 is 2.79 bits per heavy atom. The molecule has 128 valence electrons. The number of hydrogen-bond acceptors (Lipinski definition) is 4. The van der Waals surface area contributed by atoms with Crippen LogP contribution in [0.5, 0.6) is 0 Å². The molecule has 2 aromatic heterocycles. The number of nitrogens with zero attached hydrogens (tertiary/aromatic N) is 2. The van der Waals surface area contributed by atoms with Gasteiger partial charge in [0, 0.05) is 31.4 Å². The van der Waals surface area contributed by atoms with Crippen molar-refractivity contribution in [3.63, 3.8) is 0 Å². The molecule has 6 heteroatoms. The molecule has 2 N–H and O–H groups in total. The minimum atomic E-state index is -0.151. The van der Waals surface area contributed by atoms with Crippen LogP contribution in [0.15, 0.2) is 47.2 Å². The number of likely N-dealkylation sites (tertiary alicyclic amines) is 1. The number of aromatic nitrogens is 1. The second-order valence-corrected chi connectivity index (χ2v) is 5.98. The fourth-order valence-corrected chi connectivity index (χ4v) is 3.05. The number of hydrogen-bond donors (Lipinski definition) is 2. The van der Waals surface area contributed by atoms with E-state index in [4.69, 9.17) is 4.42 Å². The average molecular weight is 328 g/mol. The summed E-state index contributed by atoms with van der Waals surface area (Å²) < 4.78 is 5.56. The second-order valence-electron chi connectivity index (χ2n) is 5.98. The van der Waals surface area contributed by atoms with Crippen molar-refractivity contribution in [2.45, 2.75) is 25.3 Å². The fourth-order valence-electron chi connectivity index (χ4n) is 3.05. The standard InChI is InChI=1S/C18H24N4O2/c23-18(20-10-8-15-6-1-2-9-19-15)21-14-16(17-7-5-13-24-17)22-11-3-4-12-22/h1-2,5-7,9,13,16H,3-4,8,10-12,14H2,(H2,20,21,23)/t16-/m1/s1. The Bertz CT molecular complexity index is 609. The van der Waals surface area contributed by atoms with Gasteiger partial charge in [-0.2, -0.15) is 0 Å². The van der Waals surface area contributed by atoms with Gasteiger partial charge in [0.05, 0.1) is 12.3 Å². The molecule has 3 heterocycles. The topological polar surface area (TPSA) is 70.4 Å². The van der Waals surface area contributed by atoms with Crippen molar-refractivity contribution in [2.24, 2.45) is 0 Å². The van der Waals surface area contributed by atoms with Crippen LogP contribution in [0.3, 0.4) is 0 Å². The van der Waals surface area contributed by atoms with E-state index in [2.05, 4.69) is 20.5 Å². The average Bonchev–Trinajstić information content (AvgIpc) is 3.30. The monoisotopic (exact) mass is 328 g/mol. The summed E-state index contributed by atoms with van der Waals surface area (Å²) in [5.41, 5.74) is 0.975. The number of pyridine rings is 1. The number of urea groups is 1. The van der Waals surface area contributed by atoms with Crippen LogP contribution in [-0.4, -0.2) is 42.1 Å². The molecule has 0 bridgehead atoms. The molecule has 24 heavy (non-hydrogen) atoms. The lowest BCUT2D eigenvalue weighted by atomic mass is 10.2. The van der Waals surface area contributed by atoms with Crippen LogP contribution in [0.1, 0.15) is 30.3 Å². The highest BCUT2D eigenvalue weighted by molar-refractivity contribution is 5.73. The van der Waals surface area contributed by atoms with Gasteiger partial charge in [0.2, 0.25) is 0 Å². The van der Waals surface area contributed by atoms with E-state index >= 15 is 0 Å². The fraction of sp³-hybridized carbons (Fsp3) is 0.444. The molecule has 6 nitrogen and oxygen atoms in total. The van der Waals surface area contributed by atoms with E-state index < -0.39 is 0 Å². The smallest absolute Gasteiger partial charge is 0.314 e. The Morgan fingerprint density at radius 1 is 1.21 bits per heavy atom. The number of furan rings is 1.